The van der Waals surface area contributed by atoms with Crippen LogP contribution in [-0.4, -0.2) is 24.9 Å². The Morgan fingerprint density at radius 3 is 0.893 bits per heavy atom. The molecule has 8 heteroatoms. The van der Waals surface area contributed by atoms with Crippen molar-refractivity contribution in [3.05, 3.63) is 174 Å². The highest BCUT2D eigenvalue weighted by Crippen LogP contribution is 2.47. The monoisotopic (exact) mass is 1120 g/mol. The van der Waals surface area contributed by atoms with Crippen molar-refractivity contribution in [1.82, 2.24) is 19.9 Å². The van der Waals surface area contributed by atoms with E-state index in [0.29, 0.717) is 28.0 Å². The van der Waals surface area contributed by atoms with E-state index in [0.717, 1.165) is 77.9 Å². The Balaban J connectivity index is 1.63. The lowest BCUT2D eigenvalue weighted by Crippen LogP contribution is -2.16. The highest BCUT2D eigenvalue weighted by Gasteiger charge is 2.37. The van der Waals surface area contributed by atoms with Crippen LogP contribution in [0.1, 0.15) is 233 Å². The van der Waals surface area contributed by atoms with Crippen LogP contribution < -0.4 is 5.73 Å². The van der Waals surface area contributed by atoms with Crippen LogP contribution in [0.25, 0.3) is 90.1 Å². The number of rotatable bonds is 5. The summed E-state index contributed by atoms with van der Waals surface area (Å²) in [7, 11) is 0. The van der Waals surface area contributed by atoms with Crippen molar-refractivity contribution in [3.8, 4) is 44.5 Å². The Morgan fingerprint density at radius 1 is 0.345 bits per heavy atom. The van der Waals surface area contributed by atoms with Gasteiger partial charge in [-0.25, -0.2) is 9.97 Å². The van der Waals surface area contributed by atoms with E-state index in [4.69, 9.17) is 15.7 Å². The summed E-state index contributed by atoms with van der Waals surface area (Å²) in [6.07, 6.45) is 4.16. The molecule has 0 aliphatic carbocycles. The molecule has 440 valence electrons. The van der Waals surface area contributed by atoms with Gasteiger partial charge in [0, 0.05) is 44.3 Å². The lowest BCUT2D eigenvalue weighted by molar-refractivity contribution is -0.374. The van der Waals surface area contributed by atoms with E-state index in [1.807, 2.05) is 0 Å². The van der Waals surface area contributed by atoms with E-state index >= 15 is 0 Å². The van der Waals surface area contributed by atoms with Gasteiger partial charge in [0.05, 0.1) is 16.3 Å². The van der Waals surface area contributed by atoms with Crippen molar-refractivity contribution < 1.29 is 4.92 Å². The minimum Gasteiger partial charge on any atom is -0.391 e. The minimum atomic E-state index is -0.338. The molecule has 7 aromatic rings. The van der Waals surface area contributed by atoms with E-state index in [1.54, 1.807) is 0 Å². The maximum atomic E-state index is 14.3. The molecule has 4 aromatic carbocycles. The second-order valence-corrected chi connectivity index (χ2v) is 32.3. The first-order chi connectivity index (χ1) is 38.4. The Labute approximate surface area is 502 Å². The van der Waals surface area contributed by atoms with E-state index in [2.05, 4.69) is 285 Å². The lowest BCUT2D eigenvalue weighted by atomic mass is 9.78. The van der Waals surface area contributed by atoms with Gasteiger partial charge in [0.25, 0.3) is 0 Å². The molecule has 4 N–H and O–H groups in total. The molecule has 0 radical (unpaired) electrons. The average molecular weight is 1120 g/mol. The number of nitro groups is 1. The topological polar surface area (TPSA) is 127 Å². The van der Waals surface area contributed by atoms with Gasteiger partial charge in [-0.15, -0.1) is 0 Å². The van der Waals surface area contributed by atoms with Crippen LogP contribution in [0.4, 0.5) is 0 Å². The van der Waals surface area contributed by atoms with Gasteiger partial charge in [-0.1, -0.05) is 239 Å². The molecule has 0 saturated carbocycles. The quantitative estimate of drug-likeness (QED) is 0.117. The number of hydrogen-bond donors (Lipinski definition) is 3. The third-order valence-electron chi connectivity index (χ3n) is 17.0. The molecule has 3 aromatic heterocycles. The molecule has 0 fully saturated rings. The van der Waals surface area contributed by atoms with E-state index in [1.165, 1.54) is 22.3 Å². The van der Waals surface area contributed by atoms with Crippen molar-refractivity contribution in [1.29, 1.82) is 0 Å². The fraction of sp³-hybridized carbons (Fsp3) is 0.421. The fourth-order valence-electron chi connectivity index (χ4n) is 11.3. The fourth-order valence-corrected chi connectivity index (χ4v) is 11.3. The van der Waals surface area contributed by atoms with Crippen molar-refractivity contribution >= 4 is 45.6 Å². The van der Waals surface area contributed by atoms with Gasteiger partial charge in [0.2, 0.25) is 0 Å². The number of nitrogens with one attached hydrogen (secondary N) is 2. The van der Waals surface area contributed by atoms with Crippen molar-refractivity contribution in [2.45, 2.75) is 209 Å². The summed E-state index contributed by atoms with van der Waals surface area (Å²) in [5.41, 5.74) is 26.7. The van der Waals surface area contributed by atoms with Crippen LogP contribution in [0.3, 0.4) is 0 Å². The molecule has 8 nitrogen and oxygen atoms in total. The number of hydrogen-bond acceptors (Lipinski definition) is 5. The Kier molecular flexibility index (Phi) is 14.9. The summed E-state index contributed by atoms with van der Waals surface area (Å²) >= 11 is 0. The third kappa shape index (κ3) is 12.0. The number of benzene rings is 4. The van der Waals surface area contributed by atoms with Gasteiger partial charge in [-0.05, 0) is 146 Å². The summed E-state index contributed by atoms with van der Waals surface area (Å²) in [5.74, 6) is 0. The van der Waals surface area contributed by atoms with Crippen molar-refractivity contribution in [3.63, 3.8) is 0 Å². The molecule has 0 unspecified atom stereocenters. The van der Waals surface area contributed by atoms with Gasteiger partial charge in [-0.2, -0.15) is 0 Å². The second kappa shape index (κ2) is 20.4. The smallest absolute Gasteiger partial charge is 0.320 e. The summed E-state index contributed by atoms with van der Waals surface area (Å²) in [6.45, 7) is 53.9. The zero-order valence-electron chi connectivity index (χ0n) is 55.1. The van der Waals surface area contributed by atoms with Gasteiger partial charge in [0.1, 0.15) is 11.4 Å². The van der Waals surface area contributed by atoms with Gasteiger partial charge in [0.15, 0.2) is 5.69 Å². The standard InChI is InChI=1S/C76H94N6O2/c1-69(2,3)47-31-43(32-48(39-47)70(4,5)6)61-55-25-26-56(78-55)62(44-33-49(71(7,8)9)40-50(34-44)72(10,11)12)58-28-30-60(80-58)64(46-37-53(75(19,20)21)42-54(38-46)76(22,23)24)67-68(82(83)84)65(77)66(81-67)63(59-29-27-57(61)79-59)45-35-51(73(13,14)15)41-52(36-45)74(16,17)18/h25-42,78,80H,77H2,1-24H3. The number of aromatic nitrogens is 4. The Bertz CT molecular complexity index is 3930. The number of nitrogens with zero attached hydrogens (tertiary/aromatic N) is 3. The Hall–Kier alpha value is -7.32. The summed E-state index contributed by atoms with van der Waals surface area (Å²) in [5, 5.41) is 14.3. The maximum absolute atomic E-state index is 14.3. The van der Waals surface area contributed by atoms with Gasteiger partial charge in [-0.3, -0.25) is 10.1 Å². The zero-order valence-corrected chi connectivity index (χ0v) is 55.1. The van der Waals surface area contributed by atoms with Crippen molar-refractivity contribution in [2.24, 2.45) is 5.73 Å². The van der Waals surface area contributed by atoms with Crippen LogP contribution in [-0.2, 0) is 43.3 Å². The number of fused-ring (bicyclic) bond motifs is 8. The first-order valence-electron chi connectivity index (χ1n) is 30.2. The first-order valence-corrected chi connectivity index (χ1v) is 30.2. The molecule has 2 aliphatic heterocycles. The summed E-state index contributed by atoms with van der Waals surface area (Å²) < 4.78 is 0. The molecule has 84 heavy (non-hydrogen) atoms. The lowest BCUT2D eigenvalue weighted by Gasteiger charge is -2.26. The molecule has 0 spiro atoms. The maximum Gasteiger partial charge on any atom is 0.320 e. The summed E-state index contributed by atoms with van der Waals surface area (Å²) in [6, 6.07) is 36.0. The van der Waals surface area contributed by atoms with E-state index < -0.39 is 0 Å². The normalized spacial score (nSPS) is 14.0. The molecular formula is C76H94N6O2. The Morgan fingerprint density at radius 2 is 0.595 bits per heavy atom. The second-order valence-electron chi connectivity index (χ2n) is 32.3. The molecule has 2 aliphatic rings. The minimum absolute atomic E-state index is 0.0175. The van der Waals surface area contributed by atoms with Crippen LogP contribution in [0.15, 0.2) is 97.1 Å². The van der Waals surface area contributed by atoms with Crippen LogP contribution in [0.5, 0.6) is 0 Å². The molecular weight excluding hydrogens is 1030 g/mol. The molecule has 0 atom stereocenters. The van der Waals surface area contributed by atoms with Crippen LogP contribution >= 0.6 is 0 Å². The first kappa shape index (κ1) is 61.2. The van der Waals surface area contributed by atoms with Gasteiger partial charge >= 0.3 is 5.70 Å². The zero-order chi connectivity index (χ0) is 62.1. The molecule has 0 amide bonds. The summed E-state index contributed by atoms with van der Waals surface area (Å²) in [4.78, 5) is 33.3. The molecule has 9 rings (SSSR count). The predicted molar refractivity (Wildman–Crippen MR) is 359 cm³/mol. The van der Waals surface area contributed by atoms with Crippen molar-refractivity contribution in [2.75, 3.05) is 0 Å². The molecule has 0 saturated heterocycles. The average Bonchev–Trinajstić information content (AvgIpc) is 1.82. The highest BCUT2D eigenvalue weighted by molar-refractivity contribution is 6.03. The highest BCUT2D eigenvalue weighted by atomic mass is 16.6. The number of nitrogens with two attached hydrogens (primary N) is 1. The predicted octanol–water partition coefficient (Wildman–Crippen LogP) is 20.6. The molecule has 5 heterocycles. The van der Waals surface area contributed by atoms with E-state index in [9.17, 15) is 10.1 Å². The SMILES string of the molecule is CC(C)(C)c1cc(-c2c3nc(c(-c4cc(C(C)(C)C)cc(C(C)(C)C)c4)c4ccc([nH]4)c(-c4cc(C(C)(C)C)cc(C(C)(C)C)c4)c4ccc([nH]4)c(-c4cc(C(C)(C)C)cc(C(C)(C)C)c4)c4nc2C(N)=C4[N+](=O)[O-])C=C3)cc(C(C)(C)C)c1. The van der Waals surface area contributed by atoms with E-state index in [-0.39, 0.29) is 65.3 Å². The van der Waals surface area contributed by atoms with Crippen LogP contribution in [0.2, 0.25) is 0 Å². The number of H-pyrrole nitrogens is 2. The van der Waals surface area contributed by atoms with Crippen LogP contribution in [0, 0.1) is 10.1 Å². The van der Waals surface area contributed by atoms with Gasteiger partial charge < -0.3 is 15.7 Å². The number of aromatic amines is 2. The largest absolute Gasteiger partial charge is 0.391 e. The third-order valence-corrected chi connectivity index (χ3v) is 17.0. The molecule has 8 bridgehead atoms.